The van der Waals surface area contributed by atoms with Gasteiger partial charge in [0.15, 0.2) is 23.0 Å². The number of aromatic nitrogens is 1. The fraction of sp³-hybridized carbons (Fsp3) is 0.370. The lowest BCUT2D eigenvalue weighted by molar-refractivity contribution is 0.0528. The fourth-order valence-electron chi connectivity index (χ4n) is 4.86. The topological polar surface area (TPSA) is 77.4 Å². The molecule has 8 heteroatoms. The molecule has 0 aliphatic carbocycles. The Kier molecular flexibility index (Phi) is 6.82. The third kappa shape index (κ3) is 3.92. The third-order valence-corrected chi connectivity index (χ3v) is 6.43. The summed E-state index contributed by atoms with van der Waals surface area (Å²) in [7, 11) is 7.92. The van der Waals surface area contributed by atoms with Crippen molar-refractivity contribution in [1.29, 1.82) is 0 Å². The lowest BCUT2D eigenvalue weighted by Gasteiger charge is -2.23. The first-order chi connectivity index (χ1) is 16.9. The Morgan fingerprint density at radius 3 is 2.00 bits per heavy atom. The number of hydrogen-bond donors (Lipinski definition) is 0. The van der Waals surface area contributed by atoms with E-state index in [-0.39, 0.29) is 6.61 Å². The van der Waals surface area contributed by atoms with Gasteiger partial charge in [-0.2, -0.15) is 0 Å². The molecule has 3 aromatic rings. The normalized spacial score (nSPS) is 11.9. The van der Waals surface area contributed by atoms with E-state index in [4.69, 9.17) is 28.4 Å². The number of benzene rings is 2. The molecule has 2 aromatic carbocycles. The maximum Gasteiger partial charge on any atom is 0.340 e. The average molecular weight is 482 g/mol. The van der Waals surface area contributed by atoms with Crippen LogP contribution in [0.2, 0.25) is 0 Å². The van der Waals surface area contributed by atoms with Crippen LogP contribution in [0.5, 0.6) is 28.7 Å². The highest BCUT2D eigenvalue weighted by molar-refractivity contribution is 6.06. The molecule has 0 saturated heterocycles. The molecule has 0 unspecified atom stereocenters. The van der Waals surface area contributed by atoms with E-state index in [1.54, 1.807) is 42.5 Å². The van der Waals surface area contributed by atoms with Gasteiger partial charge in [-0.1, -0.05) is 0 Å². The molecule has 35 heavy (non-hydrogen) atoms. The molecule has 0 amide bonds. The molecular weight excluding hydrogens is 450 g/mol. The van der Waals surface area contributed by atoms with Gasteiger partial charge in [-0.25, -0.2) is 4.79 Å². The number of methoxy groups -OCH3 is 5. The highest BCUT2D eigenvalue weighted by Crippen LogP contribution is 2.48. The van der Waals surface area contributed by atoms with Crippen LogP contribution in [-0.4, -0.2) is 52.7 Å². The van der Waals surface area contributed by atoms with Gasteiger partial charge in [-0.3, -0.25) is 0 Å². The lowest BCUT2D eigenvalue weighted by Crippen LogP contribution is -2.15. The van der Waals surface area contributed by atoms with E-state index in [2.05, 4.69) is 4.57 Å². The van der Waals surface area contributed by atoms with Crippen molar-refractivity contribution < 1.29 is 33.2 Å². The molecule has 8 nitrogen and oxygen atoms in total. The Hall–Kier alpha value is -3.81. The van der Waals surface area contributed by atoms with Gasteiger partial charge in [0.2, 0.25) is 5.75 Å². The van der Waals surface area contributed by atoms with Crippen molar-refractivity contribution in [3.05, 3.63) is 41.1 Å². The van der Waals surface area contributed by atoms with E-state index in [0.29, 0.717) is 40.9 Å². The van der Waals surface area contributed by atoms with Gasteiger partial charge in [0.05, 0.1) is 53.4 Å². The lowest BCUT2D eigenvalue weighted by atomic mass is 9.93. The molecular formula is C27H31NO7. The summed E-state index contributed by atoms with van der Waals surface area (Å²) in [5.41, 5.74) is 5.76. The molecule has 0 radical (unpaired) electrons. The SMILES string of the molecule is CCOC(=O)c1c(-c2cc(OC)c(OC)c(OC)c2)c(C)n2c1-c1cc(OC)c(OC)cc1CC2. The van der Waals surface area contributed by atoms with Crippen LogP contribution in [0.3, 0.4) is 0 Å². The minimum absolute atomic E-state index is 0.260. The first-order valence-electron chi connectivity index (χ1n) is 11.4. The number of esters is 1. The van der Waals surface area contributed by atoms with Crippen molar-refractivity contribution in [1.82, 2.24) is 4.57 Å². The molecule has 4 rings (SSSR count). The van der Waals surface area contributed by atoms with Crippen LogP contribution >= 0.6 is 0 Å². The van der Waals surface area contributed by atoms with Gasteiger partial charge >= 0.3 is 5.97 Å². The summed E-state index contributed by atoms with van der Waals surface area (Å²) < 4.78 is 35.5. The van der Waals surface area contributed by atoms with Crippen LogP contribution < -0.4 is 23.7 Å². The molecule has 0 saturated carbocycles. The summed E-state index contributed by atoms with van der Waals surface area (Å²) in [4.78, 5) is 13.5. The molecule has 0 atom stereocenters. The van der Waals surface area contributed by atoms with Crippen molar-refractivity contribution in [2.75, 3.05) is 42.2 Å². The van der Waals surface area contributed by atoms with Crippen molar-refractivity contribution in [3.8, 4) is 51.1 Å². The summed E-state index contributed by atoms with van der Waals surface area (Å²) >= 11 is 0. The first-order valence-corrected chi connectivity index (χ1v) is 11.4. The second-order valence-electron chi connectivity index (χ2n) is 8.08. The number of aryl methyl sites for hydroxylation is 1. The Balaban J connectivity index is 2.06. The first kappa shape index (κ1) is 24.3. The molecule has 1 aromatic heterocycles. The molecule has 1 aliphatic heterocycles. The highest BCUT2D eigenvalue weighted by Gasteiger charge is 2.33. The fourth-order valence-corrected chi connectivity index (χ4v) is 4.86. The quantitative estimate of drug-likeness (QED) is 0.423. The summed E-state index contributed by atoms with van der Waals surface area (Å²) in [6, 6.07) is 7.62. The van der Waals surface area contributed by atoms with Gasteiger partial charge in [0, 0.05) is 23.4 Å². The number of rotatable bonds is 8. The van der Waals surface area contributed by atoms with Gasteiger partial charge in [0.25, 0.3) is 0 Å². The molecule has 0 spiro atoms. The third-order valence-electron chi connectivity index (χ3n) is 6.43. The van der Waals surface area contributed by atoms with Crippen LogP contribution in [0, 0.1) is 6.92 Å². The summed E-state index contributed by atoms with van der Waals surface area (Å²) in [5, 5.41) is 0. The zero-order valence-electron chi connectivity index (χ0n) is 21.2. The van der Waals surface area contributed by atoms with Crippen molar-refractivity contribution >= 4 is 5.97 Å². The molecule has 0 N–H and O–H groups in total. The van der Waals surface area contributed by atoms with Crippen LogP contribution in [0.15, 0.2) is 24.3 Å². The van der Waals surface area contributed by atoms with E-state index in [0.717, 1.165) is 40.1 Å². The van der Waals surface area contributed by atoms with E-state index >= 15 is 0 Å². The van der Waals surface area contributed by atoms with E-state index < -0.39 is 5.97 Å². The maximum atomic E-state index is 13.5. The predicted octanol–water partition coefficient (Wildman–Crippen LogP) is 4.91. The van der Waals surface area contributed by atoms with Crippen LogP contribution in [0.25, 0.3) is 22.4 Å². The van der Waals surface area contributed by atoms with Crippen molar-refractivity contribution in [2.24, 2.45) is 0 Å². The highest BCUT2D eigenvalue weighted by atomic mass is 16.5. The summed E-state index contributed by atoms with van der Waals surface area (Å²) in [5.74, 6) is 2.36. The average Bonchev–Trinajstić information content (AvgIpc) is 3.19. The standard InChI is InChI=1S/C27H31NO7/c1-8-35-27(29)24-23(17-12-21(32-5)26(34-7)22(13-17)33-6)15(2)28-10-9-16-11-19(30-3)20(31-4)14-18(16)25(24)28/h11-14H,8-10H2,1-7H3. The zero-order chi connectivity index (χ0) is 25.3. The van der Waals surface area contributed by atoms with Crippen molar-refractivity contribution in [2.45, 2.75) is 26.8 Å². The van der Waals surface area contributed by atoms with E-state index in [1.807, 2.05) is 31.2 Å². The Bertz CT molecular complexity index is 1250. The summed E-state index contributed by atoms with van der Waals surface area (Å²) in [6.45, 7) is 4.78. The number of hydrogen-bond acceptors (Lipinski definition) is 7. The number of carbonyl (C=O) groups excluding carboxylic acids is 1. The molecule has 186 valence electrons. The number of carbonyl (C=O) groups is 1. The minimum atomic E-state index is -0.393. The largest absolute Gasteiger partial charge is 0.493 e. The smallest absolute Gasteiger partial charge is 0.340 e. The van der Waals surface area contributed by atoms with E-state index in [9.17, 15) is 4.79 Å². The predicted molar refractivity (Wildman–Crippen MR) is 132 cm³/mol. The Morgan fingerprint density at radius 1 is 0.857 bits per heavy atom. The van der Waals surface area contributed by atoms with Crippen LogP contribution in [0.1, 0.15) is 28.5 Å². The molecule has 0 bridgehead atoms. The summed E-state index contributed by atoms with van der Waals surface area (Å²) in [6.07, 6.45) is 0.787. The van der Waals surface area contributed by atoms with Gasteiger partial charge < -0.3 is 33.0 Å². The minimum Gasteiger partial charge on any atom is -0.493 e. The zero-order valence-corrected chi connectivity index (χ0v) is 21.2. The number of fused-ring (bicyclic) bond motifs is 3. The van der Waals surface area contributed by atoms with Crippen LogP contribution in [-0.2, 0) is 17.7 Å². The van der Waals surface area contributed by atoms with Gasteiger partial charge in [-0.05, 0) is 55.7 Å². The Labute approximate surface area is 205 Å². The second kappa shape index (κ2) is 9.82. The van der Waals surface area contributed by atoms with E-state index in [1.165, 1.54) is 0 Å². The maximum absolute atomic E-state index is 13.5. The molecule has 0 fully saturated rings. The molecule has 2 heterocycles. The monoisotopic (exact) mass is 481 g/mol. The molecule has 1 aliphatic rings. The Morgan fingerprint density at radius 2 is 1.46 bits per heavy atom. The van der Waals surface area contributed by atoms with Crippen LogP contribution in [0.4, 0.5) is 0 Å². The number of ether oxygens (including phenoxy) is 6. The number of nitrogens with zero attached hydrogens (tertiary/aromatic N) is 1. The van der Waals surface area contributed by atoms with Crippen molar-refractivity contribution in [3.63, 3.8) is 0 Å². The second-order valence-corrected chi connectivity index (χ2v) is 8.08. The van der Waals surface area contributed by atoms with Gasteiger partial charge in [0.1, 0.15) is 0 Å². The van der Waals surface area contributed by atoms with Gasteiger partial charge in [-0.15, -0.1) is 0 Å².